The zero-order valence-corrected chi connectivity index (χ0v) is 14.0. The van der Waals surface area contributed by atoms with Gasteiger partial charge in [-0.05, 0) is 50.3 Å². The Kier molecular flexibility index (Phi) is 7.20. The number of amides is 1. The van der Waals surface area contributed by atoms with Crippen LogP contribution in [0.5, 0.6) is 0 Å². The standard InChI is InChI=1S/C17H26N2O.ClH/c1-12-7-4-5-8-15(12)13(2)11-17(20)19-16-9-6-10-18-14(16)3;/h4-5,7-8,13-14,16,18H,6,9-11H2,1-3H3,(H,19,20);1H. The highest BCUT2D eigenvalue weighted by Gasteiger charge is 2.23. The van der Waals surface area contributed by atoms with Crippen LogP contribution in [0.3, 0.4) is 0 Å². The number of aryl methyl sites for hydroxylation is 1. The normalized spacial score (nSPS) is 23.0. The molecule has 0 spiro atoms. The fraction of sp³-hybridized carbons (Fsp3) is 0.588. The summed E-state index contributed by atoms with van der Waals surface area (Å²) in [7, 11) is 0. The average Bonchev–Trinajstić information content (AvgIpc) is 2.41. The van der Waals surface area contributed by atoms with Gasteiger partial charge in [-0.3, -0.25) is 4.79 Å². The van der Waals surface area contributed by atoms with Crippen LogP contribution < -0.4 is 10.6 Å². The first kappa shape index (κ1) is 18.0. The zero-order valence-electron chi connectivity index (χ0n) is 13.2. The van der Waals surface area contributed by atoms with E-state index in [1.807, 2.05) is 12.1 Å². The lowest BCUT2D eigenvalue weighted by Crippen LogP contribution is -2.52. The molecule has 2 N–H and O–H groups in total. The van der Waals surface area contributed by atoms with E-state index in [9.17, 15) is 4.79 Å². The Hall–Kier alpha value is -1.06. The van der Waals surface area contributed by atoms with Gasteiger partial charge in [0.1, 0.15) is 0 Å². The van der Waals surface area contributed by atoms with Gasteiger partial charge in [0.25, 0.3) is 0 Å². The van der Waals surface area contributed by atoms with Crippen LogP contribution >= 0.6 is 12.4 Å². The third-order valence-corrected chi connectivity index (χ3v) is 4.32. The van der Waals surface area contributed by atoms with Gasteiger partial charge in [0.2, 0.25) is 5.91 Å². The van der Waals surface area contributed by atoms with Crippen molar-refractivity contribution in [3.8, 4) is 0 Å². The number of benzene rings is 1. The quantitative estimate of drug-likeness (QED) is 0.897. The summed E-state index contributed by atoms with van der Waals surface area (Å²) in [5, 5.41) is 6.60. The van der Waals surface area contributed by atoms with Crippen molar-refractivity contribution in [3.05, 3.63) is 35.4 Å². The maximum Gasteiger partial charge on any atom is 0.220 e. The maximum absolute atomic E-state index is 12.2. The van der Waals surface area contributed by atoms with Gasteiger partial charge >= 0.3 is 0 Å². The number of hydrogen-bond acceptors (Lipinski definition) is 2. The molecule has 2 rings (SSSR count). The molecule has 0 aliphatic carbocycles. The van der Waals surface area contributed by atoms with E-state index in [0.29, 0.717) is 12.5 Å². The highest BCUT2D eigenvalue weighted by Crippen LogP contribution is 2.22. The zero-order chi connectivity index (χ0) is 14.5. The first-order valence-electron chi connectivity index (χ1n) is 7.66. The summed E-state index contributed by atoms with van der Waals surface area (Å²) in [4.78, 5) is 12.2. The van der Waals surface area contributed by atoms with E-state index in [4.69, 9.17) is 0 Å². The number of rotatable bonds is 4. The van der Waals surface area contributed by atoms with E-state index < -0.39 is 0 Å². The Labute approximate surface area is 134 Å². The molecule has 1 aromatic rings. The van der Waals surface area contributed by atoms with Crippen molar-refractivity contribution in [1.29, 1.82) is 0 Å². The topological polar surface area (TPSA) is 41.1 Å². The molecule has 1 heterocycles. The van der Waals surface area contributed by atoms with E-state index in [-0.39, 0.29) is 30.3 Å². The lowest BCUT2D eigenvalue weighted by Gasteiger charge is -2.31. The molecule has 0 bridgehead atoms. The third kappa shape index (κ3) is 5.01. The third-order valence-electron chi connectivity index (χ3n) is 4.32. The Balaban J connectivity index is 0.00000220. The second kappa shape index (κ2) is 8.40. The minimum Gasteiger partial charge on any atom is -0.352 e. The van der Waals surface area contributed by atoms with E-state index >= 15 is 0 Å². The Morgan fingerprint density at radius 3 is 2.81 bits per heavy atom. The van der Waals surface area contributed by atoms with Crippen molar-refractivity contribution in [2.75, 3.05) is 6.54 Å². The predicted molar refractivity (Wildman–Crippen MR) is 90.1 cm³/mol. The lowest BCUT2D eigenvalue weighted by molar-refractivity contribution is -0.122. The summed E-state index contributed by atoms with van der Waals surface area (Å²) in [5.74, 6) is 0.435. The molecular formula is C17H27ClN2O. The molecule has 1 aliphatic heterocycles. The maximum atomic E-state index is 12.2. The van der Waals surface area contributed by atoms with Crippen LogP contribution in [-0.4, -0.2) is 24.5 Å². The van der Waals surface area contributed by atoms with Crippen molar-refractivity contribution < 1.29 is 4.79 Å². The van der Waals surface area contributed by atoms with Crippen molar-refractivity contribution >= 4 is 18.3 Å². The molecule has 0 saturated carbocycles. The molecule has 1 amide bonds. The Morgan fingerprint density at radius 2 is 2.14 bits per heavy atom. The largest absolute Gasteiger partial charge is 0.352 e. The molecule has 118 valence electrons. The SMILES string of the molecule is Cc1ccccc1C(C)CC(=O)NC1CCCNC1C.Cl. The van der Waals surface area contributed by atoms with Gasteiger partial charge in [-0.2, -0.15) is 0 Å². The number of carbonyl (C=O) groups excluding carboxylic acids is 1. The minimum absolute atomic E-state index is 0. The molecule has 0 radical (unpaired) electrons. The van der Waals surface area contributed by atoms with Crippen molar-refractivity contribution in [1.82, 2.24) is 10.6 Å². The van der Waals surface area contributed by atoms with E-state index in [0.717, 1.165) is 19.4 Å². The molecule has 4 heteroatoms. The summed E-state index contributed by atoms with van der Waals surface area (Å²) in [6.45, 7) is 7.45. The predicted octanol–water partition coefficient (Wildman–Crippen LogP) is 3.17. The lowest BCUT2D eigenvalue weighted by atomic mass is 9.93. The number of hydrogen-bond donors (Lipinski definition) is 2. The van der Waals surface area contributed by atoms with Gasteiger partial charge in [-0.25, -0.2) is 0 Å². The molecule has 1 saturated heterocycles. The van der Waals surface area contributed by atoms with Crippen LogP contribution in [0, 0.1) is 6.92 Å². The first-order valence-corrected chi connectivity index (χ1v) is 7.66. The van der Waals surface area contributed by atoms with E-state index in [2.05, 4.69) is 43.5 Å². The van der Waals surface area contributed by atoms with Crippen molar-refractivity contribution in [3.63, 3.8) is 0 Å². The van der Waals surface area contributed by atoms with Crippen molar-refractivity contribution in [2.45, 2.75) is 58.0 Å². The van der Waals surface area contributed by atoms with Crippen LogP contribution in [0.4, 0.5) is 0 Å². The summed E-state index contributed by atoms with van der Waals surface area (Å²) in [6, 6.07) is 8.97. The Morgan fingerprint density at radius 1 is 1.43 bits per heavy atom. The molecule has 1 aliphatic rings. The monoisotopic (exact) mass is 310 g/mol. The fourth-order valence-corrected chi connectivity index (χ4v) is 3.03. The molecular weight excluding hydrogens is 284 g/mol. The van der Waals surface area contributed by atoms with Gasteiger partial charge < -0.3 is 10.6 Å². The van der Waals surface area contributed by atoms with Crippen LogP contribution in [0.2, 0.25) is 0 Å². The van der Waals surface area contributed by atoms with Crippen LogP contribution in [0.25, 0.3) is 0 Å². The molecule has 1 aromatic carbocycles. The summed E-state index contributed by atoms with van der Waals surface area (Å²) in [6.07, 6.45) is 2.79. The van der Waals surface area contributed by atoms with E-state index in [1.165, 1.54) is 11.1 Å². The number of nitrogens with one attached hydrogen (secondary N) is 2. The number of halogens is 1. The smallest absolute Gasteiger partial charge is 0.220 e. The molecule has 21 heavy (non-hydrogen) atoms. The second-order valence-corrected chi connectivity index (χ2v) is 6.02. The Bertz CT molecular complexity index is 464. The van der Waals surface area contributed by atoms with Crippen LogP contribution in [0.1, 0.15) is 50.2 Å². The van der Waals surface area contributed by atoms with Gasteiger partial charge in [0.15, 0.2) is 0 Å². The van der Waals surface area contributed by atoms with Crippen LogP contribution in [-0.2, 0) is 4.79 Å². The van der Waals surface area contributed by atoms with Gasteiger partial charge in [-0.1, -0.05) is 31.2 Å². The van der Waals surface area contributed by atoms with Crippen molar-refractivity contribution in [2.24, 2.45) is 0 Å². The summed E-state index contributed by atoms with van der Waals surface area (Å²) in [5.41, 5.74) is 2.54. The summed E-state index contributed by atoms with van der Waals surface area (Å²) >= 11 is 0. The highest BCUT2D eigenvalue weighted by molar-refractivity contribution is 5.85. The fourth-order valence-electron chi connectivity index (χ4n) is 3.03. The van der Waals surface area contributed by atoms with Crippen LogP contribution in [0.15, 0.2) is 24.3 Å². The molecule has 3 nitrogen and oxygen atoms in total. The number of piperidine rings is 1. The molecule has 3 atom stereocenters. The highest BCUT2D eigenvalue weighted by atomic mass is 35.5. The molecule has 0 aromatic heterocycles. The van der Waals surface area contributed by atoms with Gasteiger partial charge in [0.05, 0.1) is 0 Å². The van der Waals surface area contributed by atoms with E-state index in [1.54, 1.807) is 0 Å². The average molecular weight is 311 g/mol. The van der Waals surface area contributed by atoms with Gasteiger partial charge in [-0.15, -0.1) is 12.4 Å². The molecule has 1 fully saturated rings. The number of carbonyl (C=O) groups is 1. The van der Waals surface area contributed by atoms with Gasteiger partial charge in [0, 0.05) is 18.5 Å². The summed E-state index contributed by atoms with van der Waals surface area (Å²) < 4.78 is 0. The minimum atomic E-state index is 0. The molecule has 3 unspecified atom stereocenters. The first-order chi connectivity index (χ1) is 9.58. The second-order valence-electron chi connectivity index (χ2n) is 6.02.